The number of benzene rings is 2. The highest BCUT2D eigenvalue weighted by atomic mass is 35.5. The van der Waals surface area contributed by atoms with Crippen molar-refractivity contribution in [3.8, 4) is 11.4 Å². The number of carbonyl (C=O) groups excluding carboxylic acids is 1. The monoisotopic (exact) mass is 399 g/mol. The topological polar surface area (TPSA) is 59.2 Å². The zero-order chi connectivity index (χ0) is 19.7. The van der Waals surface area contributed by atoms with E-state index in [0.717, 1.165) is 5.56 Å². The molecule has 0 aliphatic carbocycles. The number of rotatable bonds is 4. The van der Waals surface area contributed by atoms with Gasteiger partial charge in [0.2, 0.25) is 17.6 Å². The molecular weight excluding hydrogens is 381 g/mol. The number of likely N-dealkylation sites (tertiary alicyclic amines) is 1. The number of hydrogen-bond acceptors (Lipinski definition) is 4. The van der Waals surface area contributed by atoms with Crippen LogP contribution in [0.3, 0.4) is 0 Å². The fourth-order valence-electron chi connectivity index (χ4n) is 3.55. The maximum atomic E-state index is 14.0. The second kappa shape index (κ2) is 7.72. The Kier molecular flexibility index (Phi) is 5.13. The molecule has 0 N–H and O–H groups in total. The second-order valence-corrected chi connectivity index (χ2v) is 7.49. The van der Waals surface area contributed by atoms with E-state index >= 15 is 0 Å². The molecule has 144 valence electrons. The van der Waals surface area contributed by atoms with Gasteiger partial charge in [-0.1, -0.05) is 60.1 Å². The number of halogens is 2. The fraction of sp³-hybridized carbons (Fsp3) is 0.286. The van der Waals surface area contributed by atoms with Crippen LogP contribution in [-0.2, 0) is 11.2 Å². The molecule has 1 aliphatic heterocycles. The Morgan fingerprint density at radius 3 is 2.75 bits per heavy atom. The van der Waals surface area contributed by atoms with Crippen molar-refractivity contribution in [2.24, 2.45) is 5.92 Å². The zero-order valence-corrected chi connectivity index (χ0v) is 16.1. The molecule has 2 aromatic carbocycles. The van der Waals surface area contributed by atoms with Gasteiger partial charge >= 0.3 is 0 Å². The summed E-state index contributed by atoms with van der Waals surface area (Å²) in [4.78, 5) is 18.9. The lowest BCUT2D eigenvalue weighted by Gasteiger charge is -2.16. The molecular formula is C21H19ClFN3O2. The summed E-state index contributed by atoms with van der Waals surface area (Å²) in [5.74, 6) is 0.531. The molecule has 7 heteroatoms. The lowest BCUT2D eigenvalue weighted by Crippen LogP contribution is -2.30. The molecule has 4 rings (SSSR count). The van der Waals surface area contributed by atoms with Crippen LogP contribution in [0.2, 0.25) is 5.02 Å². The fourth-order valence-corrected chi connectivity index (χ4v) is 3.78. The van der Waals surface area contributed by atoms with Crippen molar-refractivity contribution in [3.05, 3.63) is 70.8 Å². The first-order chi connectivity index (χ1) is 13.5. The van der Waals surface area contributed by atoms with Gasteiger partial charge in [0.05, 0.1) is 12.3 Å². The second-order valence-electron chi connectivity index (χ2n) is 7.08. The first kappa shape index (κ1) is 18.6. The molecule has 1 aromatic heterocycles. The Morgan fingerprint density at radius 1 is 1.21 bits per heavy atom. The molecule has 0 radical (unpaired) electrons. The van der Waals surface area contributed by atoms with Crippen molar-refractivity contribution < 1.29 is 13.7 Å². The Labute approximate surface area is 167 Å². The molecule has 3 aromatic rings. The summed E-state index contributed by atoms with van der Waals surface area (Å²) >= 11 is 6.05. The van der Waals surface area contributed by atoms with E-state index in [4.69, 9.17) is 16.1 Å². The normalized spacial score (nSPS) is 19.2. The number of nitrogens with zero attached hydrogens (tertiary/aromatic N) is 3. The lowest BCUT2D eigenvalue weighted by molar-refractivity contribution is -0.129. The molecule has 0 spiro atoms. The van der Waals surface area contributed by atoms with Crippen LogP contribution in [0.4, 0.5) is 4.39 Å². The average Bonchev–Trinajstić information content (AvgIpc) is 3.32. The van der Waals surface area contributed by atoms with Crippen LogP contribution in [0.1, 0.15) is 24.3 Å². The van der Waals surface area contributed by atoms with Crippen LogP contribution in [0.5, 0.6) is 0 Å². The van der Waals surface area contributed by atoms with Gasteiger partial charge in [0.15, 0.2) is 0 Å². The van der Waals surface area contributed by atoms with E-state index in [9.17, 15) is 9.18 Å². The van der Waals surface area contributed by atoms with Crippen LogP contribution in [0.25, 0.3) is 11.4 Å². The molecule has 0 saturated carbocycles. The lowest BCUT2D eigenvalue weighted by atomic mass is 9.98. The van der Waals surface area contributed by atoms with Gasteiger partial charge in [-0.3, -0.25) is 4.79 Å². The molecule has 1 aliphatic rings. The van der Waals surface area contributed by atoms with Gasteiger partial charge in [-0.15, -0.1) is 0 Å². The Bertz CT molecular complexity index is 972. The zero-order valence-electron chi connectivity index (χ0n) is 15.3. The predicted molar refractivity (Wildman–Crippen MR) is 103 cm³/mol. The van der Waals surface area contributed by atoms with Crippen molar-refractivity contribution in [2.75, 3.05) is 13.1 Å². The van der Waals surface area contributed by atoms with Crippen LogP contribution >= 0.6 is 11.6 Å². The van der Waals surface area contributed by atoms with E-state index in [-0.39, 0.29) is 34.7 Å². The van der Waals surface area contributed by atoms with E-state index in [1.165, 1.54) is 12.1 Å². The maximum Gasteiger partial charge on any atom is 0.232 e. The van der Waals surface area contributed by atoms with Gasteiger partial charge in [-0.2, -0.15) is 4.98 Å². The first-order valence-electron chi connectivity index (χ1n) is 9.12. The summed E-state index contributed by atoms with van der Waals surface area (Å²) in [5, 5.41) is 4.34. The highest BCUT2D eigenvalue weighted by Crippen LogP contribution is 2.33. The third-order valence-corrected chi connectivity index (χ3v) is 5.50. The van der Waals surface area contributed by atoms with Crippen LogP contribution in [0, 0.1) is 11.7 Å². The molecule has 1 amide bonds. The molecule has 5 nitrogen and oxygen atoms in total. The standard InChI is InChI=1S/C21H19ClFN3O2/c1-13-11-26(19(27)10-15-17(22)8-5-9-18(15)23)12-16(13)21-24-20(25-28-21)14-6-3-2-4-7-14/h2-9,13,16H,10-12H2,1H3. The van der Waals surface area contributed by atoms with Gasteiger partial charge in [-0.25, -0.2) is 4.39 Å². The predicted octanol–water partition coefficient (Wildman–Crippen LogP) is 4.33. The Hall–Kier alpha value is -2.73. The van der Waals surface area contributed by atoms with E-state index in [0.29, 0.717) is 24.8 Å². The van der Waals surface area contributed by atoms with Crippen molar-refractivity contribution in [1.82, 2.24) is 15.0 Å². The van der Waals surface area contributed by atoms with Crippen molar-refractivity contribution in [2.45, 2.75) is 19.3 Å². The van der Waals surface area contributed by atoms with Crippen molar-refractivity contribution in [1.29, 1.82) is 0 Å². The minimum atomic E-state index is -0.464. The highest BCUT2D eigenvalue weighted by Gasteiger charge is 2.37. The van der Waals surface area contributed by atoms with E-state index < -0.39 is 5.82 Å². The summed E-state index contributed by atoms with van der Waals surface area (Å²) < 4.78 is 19.5. The molecule has 28 heavy (non-hydrogen) atoms. The first-order valence-corrected chi connectivity index (χ1v) is 9.50. The van der Waals surface area contributed by atoms with Gasteiger partial charge in [0.1, 0.15) is 5.82 Å². The molecule has 0 bridgehead atoms. The van der Waals surface area contributed by atoms with Gasteiger partial charge < -0.3 is 9.42 Å². The number of carbonyl (C=O) groups is 1. The van der Waals surface area contributed by atoms with Gasteiger partial charge in [0.25, 0.3) is 0 Å². The average molecular weight is 400 g/mol. The Morgan fingerprint density at radius 2 is 2.00 bits per heavy atom. The molecule has 1 saturated heterocycles. The van der Waals surface area contributed by atoms with Crippen molar-refractivity contribution >= 4 is 17.5 Å². The third kappa shape index (κ3) is 3.64. The van der Waals surface area contributed by atoms with Gasteiger partial charge in [0, 0.05) is 29.2 Å². The molecule has 1 fully saturated rings. The van der Waals surface area contributed by atoms with Crippen LogP contribution < -0.4 is 0 Å². The summed E-state index contributed by atoms with van der Waals surface area (Å²) in [7, 11) is 0. The summed E-state index contributed by atoms with van der Waals surface area (Å²) in [6.45, 7) is 3.06. The number of amides is 1. The molecule has 2 unspecified atom stereocenters. The van der Waals surface area contributed by atoms with E-state index in [2.05, 4.69) is 10.1 Å². The molecule has 2 heterocycles. The number of hydrogen-bond donors (Lipinski definition) is 0. The SMILES string of the molecule is CC1CN(C(=O)Cc2c(F)cccc2Cl)CC1c1nc(-c2ccccc2)no1. The third-order valence-electron chi connectivity index (χ3n) is 5.15. The largest absolute Gasteiger partial charge is 0.341 e. The summed E-state index contributed by atoms with van der Waals surface area (Å²) in [6, 6.07) is 14.0. The highest BCUT2D eigenvalue weighted by molar-refractivity contribution is 6.31. The van der Waals surface area contributed by atoms with E-state index in [1.807, 2.05) is 37.3 Å². The maximum absolute atomic E-state index is 14.0. The van der Waals surface area contributed by atoms with Crippen molar-refractivity contribution in [3.63, 3.8) is 0 Å². The number of aromatic nitrogens is 2. The summed E-state index contributed by atoms with van der Waals surface area (Å²) in [6.07, 6.45) is -0.0654. The minimum absolute atomic E-state index is 0.0509. The van der Waals surface area contributed by atoms with E-state index in [1.54, 1.807) is 11.0 Å². The van der Waals surface area contributed by atoms with Gasteiger partial charge in [-0.05, 0) is 18.1 Å². The quantitative estimate of drug-likeness (QED) is 0.655. The Balaban J connectivity index is 1.48. The van der Waals surface area contributed by atoms with Crippen LogP contribution in [-0.4, -0.2) is 34.0 Å². The minimum Gasteiger partial charge on any atom is -0.341 e. The smallest absolute Gasteiger partial charge is 0.232 e. The van der Waals surface area contributed by atoms with Crippen LogP contribution in [0.15, 0.2) is 53.1 Å². The summed E-state index contributed by atoms with van der Waals surface area (Å²) in [5.41, 5.74) is 1.11. The molecule has 2 atom stereocenters.